The number of hydrogen-bond acceptors (Lipinski definition) is 9. The second-order valence-electron chi connectivity index (χ2n) is 9.83. The molecule has 11 nitrogen and oxygen atoms in total. The Labute approximate surface area is 229 Å². The number of fused-ring (bicyclic) bond motifs is 1. The molecule has 1 aliphatic carbocycles. The fraction of sp³-hybridized carbons (Fsp3) is 0.393. The maximum absolute atomic E-state index is 15.6. The fourth-order valence-corrected chi connectivity index (χ4v) is 5.05. The minimum absolute atomic E-state index is 0.0115. The van der Waals surface area contributed by atoms with E-state index in [1.807, 2.05) is 12.1 Å². The molecule has 1 saturated heterocycles. The van der Waals surface area contributed by atoms with Crippen LogP contribution in [0.2, 0.25) is 0 Å². The van der Waals surface area contributed by atoms with Crippen LogP contribution in [0.4, 0.5) is 10.1 Å². The fourth-order valence-electron chi connectivity index (χ4n) is 5.05. The van der Waals surface area contributed by atoms with Gasteiger partial charge in [0.15, 0.2) is 11.6 Å². The lowest BCUT2D eigenvalue weighted by atomic mass is 10.0. The molecular formula is C28H31FN4O7. The molecule has 1 aliphatic heterocycles. The number of aromatic nitrogens is 1. The minimum Gasteiger partial charge on any atom is -0.497 e. The number of methoxy groups -OCH3 is 3. The van der Waals surface area contributed by atoms with Gasteiger partial charge in [0, 0.05) is 37.8 Å². The lowest BCUT2D eigenvalue weighted by Crippen LogP contribution is -2.49. The highest BCUT2D eigenvalue weighted by atomic mass is 19.1. The molecule has 1 atom stereocenters. The average Bonchev–Trinajstić information content (AvgIpc) is 3.79. The van der Waals surface area contributed by atoms with Gasteiger partial charge in [-0.15, -0.1) is 0 Å². The molecule has 1 saturated carbocycles. The zero-order valence-electron chi connectivity index (χ0n) is 22.5. The Morgan fingerprint density at radius 2 is 1.82 bits per heavy atom. The number of rotatable bonds is 9. The Hall–Kier alpha value is -4.32. The molecule has 2 aliphatic rings. The van der Waals surface area contributed by atoms with Crippen LogP contribution in [-0.2, 0) is 11.4 Å². The number of aromatic carboxylic acids is 1. The van der Waals surface area contributed by atoms with Gasteiger partial charge in [-0.05, 0) is 36.6 Å². The molecular weight excluding hydrogens is 523 g/mol. The summed E-state index contributed by atoms with van der Waals surface area (Å²) >= 11 is 0. The number of piperidine rings is 1. The van der Waals surface area contributed by atoms with E-state index in [-0.39, 0.29) is 36.0 Å². The molecule has 1 aromatic heterocycles. The predicted molar refractivity (Wildman–Crippen MR) is 147 cm³/mol. The highest BCUT2D eigenvalue weighted by molar-refractivity contribution is 5.98. The first-order valence-corrected chi connectivity index (χ1v) is 12.9. The molecule has 0 bridgehead atoms. The summed E-state index contributed by atoms with van der Waals surface area (Å²) in [5, 5.41) is 13.8. The molecule has 40 heavy (non-hydrogen) atoms. The van der Waals surface area contributed by atoms with Crippen molar-refractivity contribution < 1.29 is 33.3 Å². The molecule has 2 heterocycles. The van der Waals surface area contributed by atoms with Crippen molar-refractivity contribution in [2.75, 3.05) is 39.3 Å². The van der Waals surface area contributed by atoms with E-state index in [4.69, 9.17) is 24.8 Å². The summed E-state index contributed by atoms with van der Waals surface area (Å²) in [5.41, 5.74) is 7.26. The predicted octanol–water partition coefficient (Wildman–Crippen LogP) is 3.31. The molecule has 12 heteroatoms. The van der Waals surface area contributed by atoms with Crippen LogP contribution in [0.1, 0.15) is 41.2 Å². The molecule has 1 unspecified atom stereocenters. The largest absolute Gasteiger partial charge is 0.497 e. The first kappa shape index (κ1) is 27.3. The van der Waals surface area contributed by atoms with Gasteiger partial charge in [0.05, 0.1) is 44.0 Å². The van der Waals surface area contributed by atoms with Crippen LogP contribution in [0.5, 0.6) is 17.2 Å². The second kappa shape index (κ2) is 11.0. The van der Waals surface area contributed by atoms with Gasteiger partial charge in [0.25, 0.3) is 0 Å². The van der Waals surface area contributed by atoms with Crippen LogP contribution in [-0.4, -0.2) is 61.8 Å². The van der Waals surface area contributed by atoms with E-state index in [1.165, 1.54) is 13.3 Å². The Balaban J connectivity index is 1.41. The van der Waals surface area contributed by atoms with E-state index in [2.05, 4.69) is 5.16 Å². The minimum atomic E-state index is -1.36. The van der Waals surface area contributed by atoms with Crippen molar-refractivity contribution in [1.82, 2.24) is 4.57 Å². The summed E-state index contributed by atoms with van der Waals surface area (Å²) < 4.78 is 33.6. The zero-order chi connectivity index (χ0) is 28.6. The Kier molecular flexibility index (Phi) is 7.53. The number of ether oxygens (including phenoxy) is 3. The van der Waals surface area contributed by atoms with E-state index in [0.29, 0.717) is 35.7 Å². The molecule has 2 aromatic carbocycles. The van der Waals surface area contributed by atoms with Crippen molar-refractivity contribution in [1.29, 1.82) is 0 Å². The third kappa shape index (κ3) is 5.14. The normalized spacial score (nSPS) is 18.2. The second-order valence-corrected chi connectivity index (χ2v) is 9.83. The van der Waals surface area contributed by atoms with Gasteiger partial charge in [-0.1, -0.05) is 5.16 Å². The van der Waals surface area contributed by atoms with Crippen molar-refractivity contribution in [2.45, 2.75) is 38.0 Å². The average molecular weight is 555 g/mol. The standard InChI is InChI=1S/C28H31FN4O7/c1-37-17-8-15(9-18(10-17)38-2)14-40-31-23-6-7-32(13-22(23)30)25-21(29)11-19-24(27(25)39-3)33(16-4-5-16)12-20(26(19)34)28(35)36/h8-12,16,22H,4-7,13-14,30H2,1-3H3,(H,35,36)/b31-23-. The van der Waals surface area contributed by atoms with Gasteiger partial charge in [-0.25, -0.2) is 9.18 Å². The number of carboxylic acid groups (broad SMARTS) is 1. The third-order valence-electron chi connectivity index (χ3n) is 7.20. The van der Waals surface area contributed by atoms with Crippen molar-refractivity contribution >= 4 is 28.3 Å². The van der Waals surface area contributed by atoms with E-state index in [9.17, 15) is 14.7 Å². The van der Waals surface area contributed by atoms with Gasteiger partial charge < -0.3 is 39.4 Å². The van der Waals surface area contributed by atoms with E-state index < -0.39 is 28.8 Å². The molecule has 0 spiro atoms. The van der Waals surface area contributed by atoms with Crippen LogP contribution < -0.4 is 30.3 Å². The number of halogens is 1. The highest BCUT2D eigenvalue weighted by Crippen LogP contribution is 2.44. The number of carbonyl (C=O) groups is 1. The Bertz CT molecular complexity index is 1530. The van der Waals surface area contributed by atoms with Gasteiger partial charge in [0.2, 0.25) is 5.43 Å². The van der Waals surface area contributed by atoms with Crippen molar-refractivity contribution in [3.05, 3.63) is 57.6 Å². The monoisotopic (exact) mass is 554 g/mol. The Morgan fingerprint density at radius 1 is 1.12 bits per heavy atom. The lowest BCUT2D eigenvalue weighted by molar-refractivity contribution is 0.0694. The molecule has 3 N–H and O–H groups in total. The summed E-state index contributed by atoms with van der Waals surface area (Å²) in [6.07, 6.45) is 3.39. The summed E-state index contributed by atoms with van der Waals surface area (Å²) in [4.78, 5) is 32.0. The maximum Gasteiger partial charge on any atom is 0.341 e. The lowest BCUT2D eigenvalue weighted by Gasteiger charge is -2.34. The summed E-state index contributed by atoms with van der Waals surface area (Å²) in [6, 6.07) is 5.96. The van der Waals surface area contributed by atoms with Gasteiger partial charge in [-0.3, -0.25) is 4.79 Å². The number of nitrogens with zero attached hydrogens (tertiary/aromatic N) is 3. The van der Waals surface area contributed by atoms with Crippen LogP contribution >= 0.6 is 0 Å². The topological polar surface area (TPSA) is 138 Å². The van der Waals surface area contributed by atoms with Crippen LogP contribution in [0.25, 0.3) is 10.9 Å². The van der Waals surface area contributed by atoms with Crippen LogP contribution in [0.15, 0.2) is 40.4 Å². The summed E-state index contributed by atoms with van der Waals surface area (Å²) in [5.74, 6) is -0.609. The van der Waals surface area contributed by atoms with E-state index >= 15 is 4.39 Å². The smallest absolute Gasteiger partial charge is 0.341 e. The number of carboxylic acids is 1. The van der Waals surface area contributed by atoms with Crippen LogP contribution in [0, 0.1) is 5.82 Å². The highest BCUT2D eigenvalue weighted by Gasteiger charge is 2.33. The van der Waals surface area contributed by atoms with E-state index in [1.54, 1.807) is 29.8 Å². The SMILES string of the molecule is COc1cc(CO/N=C2/CCN(c3c(F)cc4c(=O)c(C(=O)O)cn(C5CC5)c4c3OC)CC2N)cc(OC)c1. The van der Waals surface area contributed by atoms with Crippen molar-refractivity contribution in [3.63, 3.8) is 0 Å². The molecule has 5 rings (SSSR count). The maximum atomic E-state index is 15.6. The number of nitrogens with two attached hydrogens (primary N) is 1. The van der Waals surface area contributed by atoms with Gasteiger partial charge >= 0.3 is 5.97 Å². The molecule has 3 aromatic rings. The molecule has 212 valence electrons. The van der Waals surface area contributed by atoms with Crippen molar-refractivity contribution in [2.24, 2.45) is 10.9 Å². The first-order valence-electron chi connectivity index (χ1n) is 12.9. The summed E-state index contributed by atoms with van der Waals surface area (Å²) in [7, 11) is 4.54. The van der Waals surface area contributed by atoms with Crippen molar-refractivity contribution in [3.8, 4) is 17.2 Å². The molecule has 0 radical (unpaired) electrons. The first-order chi connectivity index (χ1) is 19.2. The van der Waals surface area contributed by atoms with Gasteiger partial charge in [-0.2, -0.15) is 0 Å². The summed E-state index contributed by atoms with van der Waals surface area (Å²) in [6.45, 7) is 0.787. The number of anilines is 1. The quantitative estimate of drug-likeness (QED) is 0.382. The number of benzene rings is 2. The van der Waals surface area contributed by atoms with E-state index in [0.717, 1.165) is 24.5 Å². The number of hydrogen-bond donors (Lipinski definition) is 2. The number of pyridine rings is 1. The molecule has 2 fully saturated rings. The van der Waals surface area contributed by atoms with Crippen LogP contribution in [0.3, 0.4) is 0 Å². The van der Waals surface area contributed by atoms with Gasteiger partial charge in [0.1, 0.15) is 29.4 Å². The third-order valence-corrected chi connectivity index (χ3v) is 7.20. The number of oxime groups is 1. The molecule has 0 amide bonds. The Morgan fingerprint density at radius 3 is 2.40 bits per heavy atom. The zero-order valence-corrected chi connectivity index (χ0v) is 22.5.